The summed E-state index contributed by atoms with van der Waals surface area (Å²) in [6.45, 7) is 2.65. The summed E-state index contributed by atoms with van der Waals surface area (Å²) in [4.78, 5) is 20.7. The van der Waals surface area contributed by atoms with Gasteiger partial charge in [-0.2, -0.15) is 0 Å². The van der Waals surface area contributed by atoms with Crippen molar-refractivity contribution in [2.75, 3.05) is 6.54 Å². The first-order valence-electron chi connectivity index (χ1n) is 7.93. The Morgan fingerprint density at radius 3 is 2.46 bits per heavy atom. The molecule has 2 aromatic carbocycles. The summed E-state index contributed by atoms with van der Waals surface area (Å²) in [5.41, 5.74) is 3.84. The summed E-state index contributed by atoms with van der Waals surface area (Å²) in [6, 6.07) is 18.0. The van der Waals surface area contributed by atoms with Gasteiger partial charge in [-0.25, -0.2) is 9.97 Å². The van der Waals surface area contributed by atoms with Gasteiger partial charge in [0.25, 0.3) is 5.91 Å². The highest BCUT2D eigenvalue weighted by Gasteiger charge is 2.07. The van der Waals surface area contributed by atoms with E-state index in [0.717, 1.165) is 12.0 Å². The van der Waals surface area contributed by atoms with Gasteiger partial charge in [0.1, 0.15) is 0 Å². The molecule has 120 valence electrons. The number of nitrogens with zero attached hydrogens (tertiary/aromatic N) is 2. The third-order valence-electron chi connectivity index (χ3n) is 3.73. The van der Waals surface area contributed by atoms with Crippen molar-refractivity contribution in [2.45, 2.75) is 13.3 Å². The van der Waals surface area contributed by atoms with Crippen LogP contribution in [0.4, 0.5) is 0 Å². The van der Waals surface area contributed by atoms with E-state index in [9.17, 15) is 4.79 Å². The molecule has 3 aromatic rings. The molecule has 0 fully saturated rings. The Bertz CT molecular complexity index is 814. The minimum atomic E-state index is -0.151. The summed E-state index contributed by atoms with van der Waals surface area (Å²) < 4.78 is 0. The maximum atomic E-state index is 12.2. The second kappa shape index (κ2) is 7.51. The zero-order chi connectivity index (χ0) is 16.8. The Hall–Kier alpha value is -3.01. The van der Waals surface area contributed by atoms with Gasteiger partial charge in [0.2, 0.25) is 0 Å². The SMILES string of the molecule is Cc1cccc(CCNC(=O)c2cnc(-c3ccccc3)nc2)c1. The molecule has 0 radical (unpaired) electrons. The Morgan fingerprint density at radius 2 is 1.75 bits per heavy atom. The van der Waals surface area contributed by atoms with Crippen LogP contribution in [0, 0.1) is 6.92 Å². The zero-order valence-corrected chi connectivity index (χ0v) is 13.6. The molecule has 0 bridgehead atoms. The van der Waals surface area contributed by atoms with E-state index >= 15 is 0 Å². The smallest absolute Gasteiger partial charge is 0.254 e. The van der Waals surface area contributed by atoms with E-state index in [2.05, 4.69) is 40.4 Å². The second-order valence-electron chi connectivity index (χ2n) is 5.66. The number of aryl methyl sites for hydroxylation is 1. The van der Waals surface area contributed by atoms with Gasteiger partial charge >= 0.3 is 0 Å². The minimum Gasteiger partial charge on any atom is -0.352 e. The number of nitrogens with one attached hydrogen (secondary N) is 1. The highest BCUT2D eigenvalue weighted by molar-refractivity contribution is 5.93. The normalized spacial score (nSPS) is 10.4. The Balaban J connectivity index is 1.57. The summed E-state index contributed by atoms with van der Waals surface area (Å²) >= 11 is 0. The van der Waals surface area contributed by atoms with Gasteiger partial charge in [-0.15, -0.1) is 0 Å². The molecule has 1 N–H and O–H groups in total. The molecule has 0 aliphatic carbocycles. The molecule has 0 aliphatic heterocycles. The van der Waals surface area contributed by atoms with Gasteiger partial charge in [0, 0.05) is 24.5 Å². The summed E-state index contributed by atoms with van der Waals surface area (Å²) in [5, 5.41) is 2.91. The molecule has 0 aliphatic rings. The van der Waals surface area contributed by atoms with Crippen LogP contribution in [0.5, 0.6) is 0 Å². The molecule has 0 spiro atoms. The predicted molar refractivity (Wildman–Crippen MR) is 94.7 cm³/mol. The average Bonchev–Trinajstić information content (AvgIpc) is 2.63. The van der Waals surface area contributed by atoms with Crippen LogP contribution < -0.4 is 5.32 Å². The van der Waals surface area contributed by atoms with E-state index in [1.807, 2.05) is 36.4 Å². The molecular weight excluding hydrogens is 298 g/mol. The van der Waals surface area contributed by atoms with Gasteiger partial charge in [0.15, 0.2) is 5.82 Å². The lowest BCUT2D eigenvalue weighted by molar-refractivity contribution is 0.0953. The van der Waals surface area contributed by atoms with E-state index < -0.39 is 0 Å². The van der Waals surface area contributed by atoms with Gasteiger partial charge in [-0.1, -0.05) is 60.2 Å². The third-order valence-corrected chi connectivity index (χ3v) is 3.73. The van der Waals surface area contributed by atoms with Crippen LogP contribution in [0.3, 0.4) is 0 Å². The van der Waals surface area contributed by atoms with Crippen LogP contribution >= 0.6 is 0 Å². The zero-order valence-electron chi connectivity index (χ0n) is 13.6. The first kappa shape index (κ1) is 15.9. The van der Waals surface area contributed by atoms with E-state index in [0.29, 0.717) is 17.9 Å². The van der Waals surface area contributed by atoms with Gasteiger partial charge in [-0.05, 0) is 18.9 Å². The number of carbonyl (C=O) groups is 1. The fraction of sp³-hybridized carbons (Fsp3) is 0.150. The number of hydrogen-bond donors (Lipinski definition) is 1. The van der Waals surface area contributed by atoms with Crippen LogP contribution in [-0.4, -0.2) is 22.4 Å². The molecule has 1 heterocycles. The van der Waals surface area contributed by atoms with Crippen molar-refractivity contribution in [1.82, 2.24) is 15.3 Å². The number of hydrogen-bond acceptors (Lipinski definition) is 3. The fourth-order valence-electron chi connectivity index (χ4n) is 2.47. The van der Waals surface area contributed by atoms with Crippen molar-refractivity contribution >= 4 is 5.91 Å². The lowest BCUT2D eigenvalue weighted by atomic mass is 10.1. The summed E-state index contributed by atoms with van der Waals surface area (Å²) in [5.74, 6) is 0.467. The number of amides is 1. The van der Waals surface area contributed by atoms with Gasteiger partial charge < -0.3 is 5.32 Å². The van der Waals surface area contributed by atoms with Crippen LogP contribution in [0.25, 0.3) is 11.4 Å². The quantitative estimate of drug-likeness (QED) is 0.784. The standard InChI is InChI=1S/C20H19N3O/c1-15-6-5-7-16(12-15)10-11-21-20(24)18-13-22-19(23-14-18)17-8-3-2-4-9-17/h2-9,12-14H,10-11H2,1H3,(H,21,24). The lowest BCUT2D eigenvalue weighted by Crippen LogP contribution is -2.26. The largest absolute Gasteiger partial charge is 0.352 e. The maximum absolute atomic E-state index is 12.2. The highest BCUT2D eigenvalue weighted by Crippen LogP contribution is 2.13. The monoisotopic (exact) mass is 317 g/mol. The molecule has 4 heteroatoms. The molecule has 1 amide bonds. The molecular formula is C20H19N3O. The molecule has 0 saturated carbocycles. The van der Waals surface area contributed by atoms with Crippen molar-refractivity contribution in [3.05, 3.63) is 83.7 Å². The first-order valence-corrected chi connectivity index (χ1v) is 7.93. The predicted octanol–water partition coefficient (Wildman–Crippen LogP) is 3.42. The van der Waals surface area contributed by atoms with Crippen molar-refractivity contribution < 1.29 is 4.79 Å². The summed E-state index contributed by atoms with van der Waals surface area (Å²) in [7, 11) is 0. The Labute approximate surface area is 141 Å². The van der Waals surface area contributed by atoms with E-state index in [-0.39, 0.29) is 5.91 Å². The number of benzene rings is 2. The van der Waals surface area contributed by atoms with E-state index in [4.69, 9.17) is 0 Å². The number of rotatable bonds is 5. The van der Waals surface area contributed by atoms with Crippen molar-refractivity contribution in [2.24, 2.45) is 0 Å². The fourth-order valence-corrected chi connectivity index (χ4v) is 2.47. The van der Waals surface area contributed by atoms with Crippen molar-refractivity contribution in [3.63, 3.8) is 0 Å². The second-order valence-corrected chi connectivity index (χ2v) is 5.66. The molecule has 0 unspecified atom stereocenters. The van der Waals surface area contributed by atoms with Crippen molar-refractivity contribution in [1.29, 1.82) is 0 Å². The summed E-state index contributed by atoms with van der Waals surface area (Å²) in [6.07, 6.45) is 3.94. The molecule has 4 nitrogen and oxygen atoms in total. The van der Waals surface area contributed by atoms with E-state index in [1.165, 1.54) is 11.1 Å². The third kappa shape index (κ3) is 4.04. The topological polar surface area (TPSA) is 54.9 Å². The van der Waals surface area contributed by atoms with E-state index in [1.54, 1.807) is 12.4 Å². The Kier molecular flexibility index (Phi) is 4.96. The first-order chi connectivity index (χ1) is 11.7. The van der Waals surface area contributed by atoms with Crippen LogP contribution in [0.2, 0.25) is 0 Å². The Morgan fingerprint density at radius 1 is 1.00 bits per heavy atom. The van der Waals surface area contributed by atoms with Gasteiger partial charge in [-0.3, -0.25) is 4.79 Å². The minimum absolute atomic E-state index is 0.151. The lowest BCUT2D eigenvalue weighted by Gasteiger charge is -2.06. The molecule has 3 rings (SSSR count). The molecule has 1 aromatic heterocycles. The maximum Gasteiger partial charge on any atom is 0.254 e. The highest BCUT2D eigenvalue weighted by atomic mass is 16.1. The van der Waals surface area contributed by atoms with Crippen molar-refractivity contribution in [3.8, 4) is 11.4 Å². The average molecular weight is 317 g/mol. The van der Waals surface area contributed by atoms with Crippen LogP contribution in [-0.2, 0) is 6.42 Å². The van der Waals surface area contributed by atoms with Crippen LogP contribution in [0.1, 0.15) is 21.5 Å². The molecule has 0 atom stereocenters. The molecule has 24 heavy (non-hydrogen) atoms. The van der Waals surface area contributed by atoms with Gasteiger partial charge in [0.05, 0.1) is 5.56 Å². The molecule has 0 saturated heterocycles. The van der Waals surface area contributed by atoms with Crippen LogP contribution in [0.15, 0.2) is 67.0 Å². The number of carbonyl (C=O) groups excluding carboxylic acids is 1. The number of aromatic nitrogens is 2.